The first-order valence-corrected chi connectivity index (χ1v) is 4.94. The van der Waals surface area contributed by atoms with Crippen LogP contribution in [0.4, 0.5) is 5.82 Å². The lowest BCUT2D eigenvalue weighted by Crippen LogP contribution is -2.15. The second-order valence-electron chi connectivity index (χ2n) is 3.39. The molecule has 0 amide bonds. The van der Waals surface area contributed by atoms with E-state index in [4.69, 9.17) is 4.42 Å². The fourth-order valence-corrected chi connectivity index (χ4v) is 1.18. The molecule has 0 aliphatic rings. The molecule has 17 heavy (non-hydrogen) atoms. The van der Waals surface area contributed by atoms with Gasteiger partial charge in [-0.3, -0.25) is 5.43 Å². The van der Waals surface area contributed by atoms with Crippen molar-refractivity contribution in [2.45, 2.75) is 13.8 Å². The summed E-state index contributed by atoms with van der Waals surface area (Å²) < 4.78 is 5.28. The van der Waals surface area contributed by atoms with Gasteiger partial charge in [-0.05, 0) is 26.0 Å². The van der Waals surface area contributed by atoms with E-state index in [9.17, 15) is 4.79 Å². The quantitative estimate of drug-likeness (QED) is 0.604. The molecule has 0 fully saturated rings. The van der Waals surface area contributed by atoms with Gasteiger partial charge in [0.05, 0.1) is 6.21 Å². The van der Waals surface area contributed by atoms with Crippen LogP contribution in [0.3, 0.4) is 0 Å². The lowest BCUT2D eigenvalue weighted by Gasteiger charge is -1.99. The van der Waals surface area contributed by atoms with Crippen LogP contribution in [0, 0.1) is 13.8 Å². The number of nitrogens with one attached hydrogen (secondary N) is 2. The molecule has 0 atom stereocenters. The van der Waals surface area contributed by atoms with Gasteiger partial charge in [0.15, 0.2) is 5.82 Å². The predicted octanol–water partition coefficient (Wildman–Crippen LogP) is 0.821. The summed E-state index contributed by atoms with van der Waals surface area (Å²) in [5.74, 6) is 1.73. The van der Waals surface area contributed by atoms with Crippen LogP contribution in [0.25, 0.3) is 0 Å². The smallest absolute Gasteiger partial charge is 0.363 e. The van der Waals surface area contributed by atoms with Gasteiger partial charge in [-0.2, -0.15) is 15.2 Å². The summed E-state index contributed by atoms with van der Waals surface area (Å²) in [7, 11) is 0. The maximum Gasteiger partial charge on any atom is 0.363 e. The maximum atomic E-state index is 10.9. The van der Waals surface area contributed by atoms with Crippen LogP contribution in [0.5, 0.6) is 0 Å². The molecule has 2 aromatic heterocycles. The van der Waals surface area contributed by atoms with Crippen molar-refractivity contribution in [1.29, 1.82) is 0 Å². The largest absolute Gasteiger partial charge is 0.460 e. The molecule has 2 aromatic rings. The van der Waals surface area contributed by atoms with Crippen molar-refractivity contribution >= 4 is 12.0 Å². The van der Waals surface area contributed by atoms with Crippen LogP contribution < -0.4 is 11.1 Å². The molecule has 0 aliphatic carbocycles. The Morgan fingerprint density at radius 1 is 1.47 bits per heavy atom. The number of aromatic amines is 1. The summed E-state index contributed by atoms with van der Waals surface area (Å²) in [5, 5.41) is 9.88. The number of rotatable bonds is 3. The van der Waals surface area contributed by atoms with Crippen LogP contribution in [-0.4, -0.2) is 21.4 Å². The van der Waals surface area contributed by atoms with E-state index in [-0.39, 0.29) is 0 Å². The molecular formula is C10H11N5O2. The number of anilines is 1. The summed E-state index contributed by atoms with van der Waals surface area (Å²) in [6.07, 6.45) is 1.50. The summed E-state index contributed by atoms with van der Waals surface area (Å²) in [5.41, 5.74) is 2.65. The molecule has 0 unspecified atom stereocenters. The molecule has 7 nitrogen and oxygen atoms in total. The van der Waals surface area contributed by atoms with Crippen LogP contribution >= 0.6 is 0 Å². The Hall–Kier alpha value is -2.44. The number of hydrogen-bond acceptors (Lipinski definition) is 6. The first-order chi connectivity index (χ1) is 8.15. The highest BCUT2D eigenvalue weighted by Crippen LogP contribution is 2.05. The standard InChI is InChI=1S/C10H11N5O2/c1-6-3-4-8(17-6)5-11-14-9-7(2)13-15-10(16)12-9/h3-5H,1-2H3,(H2,12,14,15,16)/b11-5-. The van der Waals surface area contributed by atoms with Crippen LogP contribution in [-0.2, 0) is 0 Å². The molecule has 0 aromatic carbocycles. The molecule has 88 valence electrons. The molecule has 0 bridgehead atoms. The Morgan fingerprint density at radius 3 is 3.00 bits per heavy atom. The van der Waals surface area contributed by atoms with E-state index in [1.54, 1.807) is 13.0 Å². The third-order valence-electron chi connectivity index (χ3n) is 2.00. The molecular weight excluding hydrogens is 222 g/mol. The number of aryl methyl sites for hydroxylation is 2. The van der Waals surface area contributed by atoms with Crippen molar-refractivity contribution < 1.29 is 4.42 Å². The lowest BCUT2D eigenvalue weighted by molar-refractivity contribution is 0.528. The van der Waals surface area contributed by atoms with E-state index in [0.29, 0.717) is 17.3 Å². The van der Waals surface area contributed by atoms with Gasteiger partial charge in [0.2, 0.25) is 0 Å². The zero-order valence-electron chi connectivity index (χ0n) is 9.39. The van der Waals surface area contributed by atoms with Gasteiger partial charge in [-0.1, -0.05) is 0 Å². The lowest BCUT2D eigenvalue weighted by atomic mass is 10.4. The molecule has 2 heterocycles. The Bertz CT molecular complexity index is 599. The van der Waals surface area contributed by atoms with E-state index in [0.717, 1.165) is 5.76 Å². The van der Waals surface area contributed by atoms with Gasteiger partial charge < -0.3 is 4.42 Å². The van der Waals surface area contributed by atoms with Crippen molar-refractivity contribution in [3.63, 3.8) is 0 Å². The Labute approximate surface area is 96.6 Å². The SMILES string of the molecule is Cc1ccc(/C=N\Nc2nc(=O)[nH]nc2C)o1. The first-order valence-electron chi connectivity index (χ1n) is 4.94. The zero-order valence-corrected chi connectivity index (χ0v) is 9.39. The number of hydrazone groups is 1. The minimum absolute atomic E-state index is 0.313. The van der Waals surface area contributed by atoms with Crippen LogP contribution in [0.2, 0.25) is 0 Å². The van der Waals surface area contributed by atoms with E-state index in [2.05, 4.69) is 25.7 Å². The minimum Gasteiger partial charge on any atom is -0.460 e. The number of furan rings is 1. The highest BCUT2D eigenvalue weighted by atomic mass is 16.3. The van der Waals surface area contributed by atoms with Crippen LogP contribution in [0.15, 0.2) is 26.4 Å². The number of aromatic nitrogens is 3. The first kappa shape index (κ1) is 11.1. The molecule has 0 spiro atoms. The molecule has 7 heteroatoms. The molecule has 0 aliphatic heterocycles. The Morgan fingerprint density at radius 2 is 2.29 bits per heavy atom. The van der Waals surface area contributed by atoms with Gasteiger partial charge >= 0.3 is 5.69 Å². The van der Waals surface area contributed by atoms with Gasteiger partial charge in [0.25, 0.3) is 0 Å². The normalized spacial score (nSPS) is 10.9. The van der Waals surface area contributed by atoms with Crippen molar-refractivity contribution in [3.8, 4) is 0 Å². The monoisotopic (exact) mass is 233 g/mol. The molecule has 2 rings (SSSR count). The summed E-state index contributed by atoms with van der Waals surface area (Å²) in [4.78, 5) is 14.6. The number of hydrogen-bond donors (Lipinski definition) is 2. The van der Waals surface area contributed by atoms with E-state index >= 15 is 0 Å². The van der Waals surface area contributed by atoms with Crippen LogP contribution in [0.1, 0.15) is 17.2 Å². The van der Waals surface area contributed by atoms with Gasteiger partial charge in [0, 0.05) is 0 Å². The molecule has 2 N–H and O–H groups in total. The predicted molar refractivity (Wildman–Crippen MR) is 62.1 cm³/mol. The fourth-order valence-electron chi connectivity index (χ4n) is 1.18. The fraction of sp³-hybridized carbons (Fsp3) is 0.200. The molecule has 0 radical (unpaired) electrons. The van der Waals surface area contributed by atoms with Crippen molar-refractivity contribution in [2.24, 2.45) is 5.10 Å². The summed E-state index contributed by atoms with van der Waals surface area (Å²) in [6, 6.07) is 3.62. The zero-order chi connectivity index (χ0) is 12.3. The second-order valence-corrected chi connectivity index (χ2v) is 3.39. The van der Waals surface area contributed by atoms with E-state index in [1.807, 2.05) is 13.0 Å². The average Bonchev–Trinajstić information content (AvgIpc) is 2.69. The topological polar surface area (TPSA) is 96.2 Å². The molecule has 0 saturated carbocycles. The minimum atomic E-state index is -0.526. The summed E-state index contributed by atoms with van der Waals surface area (Å²) >= 11 is 0. The van der Waals surface area contributed by atoms with Crippen molar-refractivity contribution in [3.05, 3.63) is 39.8 Å². The second kappa shape index (κ2) is 4.60. The van der Waals surface area contributed by atoms with Gasteiger partial charge in [0.1, 0.15) is 17.2 Å². The van der Waals surface area contributed by atoms with E-state index in [1.165, 1.54) is 6.21 Å². The Kier molecular flexibility index (Phi) is 2.99. The third-order valence-corrected chi connectivity index (χ3v) is 2.00. The Balaban J connectivity index is 2.09. The van der Waals surface area contributed by atoms with Crippen molar-refractivity contribution in [2.75, 3.05) is 5.43 Å². The maximum absolute atomic E-state index is 10.9. The average molecular weight is 233 g/mol. The highest BCUT2D eigenvalue weighted by molar-refractivity contribution is 5.76. The number of H-pyrrole nitrogens is 1. The summed E-state index contributed by atoms with van der Waals surface area (Å²) in [6.45, 7) is 3.55. The van der Waals surface area contributed by atoms with Crippen molar-refractivity contribution in [1.82, 2.24) is 15.2 Å². The van der Waals surface area contributed by atoms with E-state index < -0.39 is 5.69 Å². The van der Waals surface area contributed by atoms with Gasteiger partial charge in [-0.25, -0.2) is 9.89 Å². The molecule has 0 saturated heterocycles. The number of nitrogens with zero attached hydrogens (tertiary/aromatic N) is 3. The highest BCUT2D eigenvalue weighted by Gasteiger charge is 2.00. The van der Waals surface area contributed by atoms with Gasteiger partial charge in [-0.15, -0.1) is 0 Å². The third kappa shape index (κ3) is 2.77.